The molecular formula is C11H12FN5O. The highest BCUT2D eigenvalue weighted by Gasteiger charge is 2.05. The Balaban J connectivity index is 1.85. The lowest BCUT2D eigenvalue weighted by Gasteiger charge is -2.04. The van der Waals surface area contributed by atoms with E-state index < -0.39 is 0 Å². The molecule has 1 aromatic heterocycles. The van der Waals surface area contributed by atoms with Crippen molar-refractivity contribution in [3.05, 3.63) is 41.8 Å². The van der Waals surface area contributed by atoms with Gasteiger partial charge in [0.1, 0.15) is 12.4 Å². The lowest BCUT2D eigenvalue weighted by molar-refractivity contribution is -0.122. The van der Waals surface area contributed by atoms with Crippen LogP contribution in [-0.4, -0.2) is 20.9 Å². The minimum absolute atomic E-state index is 0.0213. The molecule has 0 fully saturated rings. The Labute approximate surface area is 103 Å². The summed E-state index contributed by atoms with van der Waals surface area (Å²) >= 11 is 0. The number of rotatable bonds is 4. The molecule has 0 saturated heterocycles. The molecule has 2 aromatic rings. The van der Waals surface area contributed by atoms with Crippen LogP contribution in [0.25, 0.3) is 0 Å². The smallest absolute Gasteiger partial charge is 0.243 e. The number of benzene rings is 1. The van der Waals surface area contributed by atoms with Crippen LogP contribution in [-0.2, 0) is 17.9 Å². The van der Waals surface area contributed by atoms with Crippen LogP contribution in [0.3, 0.4) is 0 Å². The van der Waals surface area contributed by atoms with E-state index in [1.54, 1.807) is 12.1 Å². The fraction of sp³-hybridized carbons (Fsp3) is 0.182. The topological polar surface area (TPSA) is 85.8 Å². The Hall–Kier alpha value is -2.44. The van der Waals surface area contributed by atoms with Crippen molar-refractivity contribution in [2.45, 2.75) is 13.1 Å². The quantitative estimate of drug-likeness (QED) is 0.816. The minimum Gasteiger partial charge on any atom is -0.381 e. The highest BCUT2D eigenvalue weighted by molar-refractivity contribution is 5.75. The summed E-state index contributed by atoms with van der Waals surface area (Å²) in [5.41, 5.74) is 6.06. The molecule has 0 unspecified atom stereocenters. The molecule has 6 nitrogen and oxygen atoms in total. The Morgan fingerprint density at radius 3 is 3.00 bits per heavy atom. The maximum Gasteiger partial charge on any atom is 0.243 e. The van der Waals surface area contributed by atoms with E-state index in [9.17, 15) is 9.18 Å². The number of aromatic nitrogens is 3. The van der Waals surface area contributed by atoms with Crippen molar-refractivity contribution in [2.75, 3.05) is 5.73 Å². The van der Waals surface area contributed by atoms with Gasteiger partial charge in [-0.05, 0) is 17.7 Å². The fourth-order valence-corrected chi connectivity index (χ4v) is 1.42. The van der Waals surface area contributed by atoms with Crippen molar-refractivity contribution >= 4 is 11.7 Å². The first-order valence-electron chi connectivity index (χ1n) is 5.30. The van der Waals surface area contributed by atoms with Gasteiger partial charge in [0.15, 0.2) is 5.82 Å². The van der Waals surface area contributed by atoms with Crippen molar-refractivity contribution < 1.29 is 9.18 Å². The molecule has 0 spiro atoms. The van der Waals surface area contributed by atoms with Gasteiger partial charge in [0.05, 0.1) is 6.20 Å². The highest BCUT2D eigenvalue weighted by Crippen LogP contribution is 2.02. The van der Waals surface area contributed by atoms with E-state index in [0.29, 0.717) is 5.56 Å². The van der Waals surface area contributed by atoms with Crippen molar-refractivity contribution in [1.29, 1.82) is 0 Å². The molecule has 94 valence electrons. The van der Waals surface area contributed by atoms with Crippen LogP contribution in [0.1, 0.15) is 5.56 Å². The number of nitrogens with zero attached hydrogens (tertiary/aromatic N) is 3. The summed E-state index contributed by atoms with van der Waals surface area (Å²) in [7, 11) is 0. The van der Waals surface area contributed by atoms with Crippen LogP contribution in [0.15, 0.2) is 30.5 Å². The second-order valence-electron chi connectivity index (χ2n) is 3.71. The first-order chi connectivity index (χ1) is 8.63. The molecule has 0 aliphatic heterocycles. The van der Waals surface area contributed by atoms with Crippen LogP contribution >= 0.6 is 0 Å². The summed E-state index contributed by atoms with van der Waals surface area (Å²) in [6, 6.07) is 6.03. The van der Waals surface area contributed by atoms with Crippen LogP contribution in [0, 0.1) is 5.82 Å². The summed E-state index contributed by atoms with van der Waals surface area (Å²) in [5, 5.41) is 10.2. The third-order valence-electron chi connectivity index (χ3n) is 2.22. The number of nitrogen functional groups attached to an aromatic ring is 1. The SMILES string of the molecule is Nc1cnn(CC(=O)NCc2cccc(F)c2)n1. The number of carbonyl (C=O) groups excluding carboxylic acids is 1. The second-order valence-corrected chi connectivity index (χ2v) is 3.71. The van der Waals surface area contributed by atoms with Gasteiger partial charge in [-0.1, -0.05) is 12.1 Å². The monoisotopic (exact) mass is 249 g/mol. The first kappa shape index (κ1) is 12.0. The van der Waals surface area contributed by atoms with Crippen molar-refractivity contribution in [2.24, 2.45) is 0 Å². The van der Waals surface area contributed by atoms with Gasteiger partial charge in [-0.25, -0.2) is 4.39 Å². The molecule has 0 atom stereocenters. The molecule has 0 aliphatic rings. The van der Waals surface area contributed by atoms with Gasteiger partial charge < -0.3 is 11.1 Å². The largest absolute Gasteiger partial charge is 0.381 e. The molecule has 0 radical (unpaired) electrons. The molecule has 7 heteroatoms. The molecule has 0 saturated carbocycles. The van der Waals surface area contributed by atoms with Crippen LogP contribution in [0.5, 0.6) is 0 Å². The molecule has 2 rings (SSSR count). The van der Waals surface area contributed by atoms with E-state index in [2.05, 4.69) is 15.5 Å². The molecule has 0 bridgehead atoms. The normalized spacial score (nSPS) is 10.3. The summed E-state index contributed by atoms with van der Waals surface area (Å²) < 4.78 is 12.9. The molecular weight excluding hydrogens is 237 g/mol. The van der Waals surface area contributed by atoms with Crippen molar-refractivity contribution in [1.82, 2.24) is 20.3 Å². The minimum atomic E-state index is -0.330. The van der Waals surface area contributed by atoms with Gasteiger partial charge in [0.2, 0.25) is 5.91 Å². The molecule has 1 heterocycles. The van der Waals surface area contributed by atoms with Gasteiger partial charge in [-0.3, -0.25) is 4.79 Å². The second kappa shape index (κ2) is 5.26. The number of nitrogens with one attached hydrogen (secondary N) is 1. The van der Waals surface area contributed by atoms with E-state index >= 15 is 0 Å². The van der Waals surface area contributed by atoms with E-state index in [0.717, 1.165) is 0 Å². The van der Waals surface area contributed by atoms with Gasteiger partial charge in [0.25, 0.3) is 0 Å². The molecule has 1 amide bonds. The Morgan fingerprint density at radius 2 is 2.33 bits per heavy atom. The number of halogens is 1. The summed E-state index contributed by atoms with van der Waals surface area (Å²) in [6.07, 6.45) is 1.36. The average Bonchev–Trinajstić information content (AvgIpc) is 2.72. The van der Waals surface area contributed by atoms with E-state index in [1.807, 2.05) is 0 Å². The van der Waals surface area contributed by atoms with Crippen LogP contribution in [0.4, 0.5) is 10.2 Å². The Morgan fingerprint density at radius 1 is 1.50 bits per heavy atom. The number of anilines is 1. The zero-order chi connectivity index (χ0) is 13.0. The van der Waals surface area contributed by atoms with E-state index in [-0.39, 0.29) is 30.6 Å². The van der Waals surface area contributed by atoms with Gasteiger partial charge in [-0.2, -0.15) is 9.90 Å². The molecule has 18 heavy (non-hydrogen) atoms. The molecule has 3 N–H and O–H groups in total. The Bertz CT molecular complexity index is 554. The predicted molar refractivity (Wildman–Crippen MR) is 62.7 cm³/mol. The number of hydrogen-bond donors (Lipinski definition) is 2. The number of amides is 1. The van der Waals surface area contributed by atoms with Gasteiger partial charge in [0, 0.05) is 6.54 Å². The predicted octanol–water partition coefficient (Wildman–Crippen LogP) is 0.316. The van der Waals surface area contributed by atoms with Crippen molar-refractivity contribution in [3.63, 3.8) is 0 Å². The summed E-state index contributed by atoms with van der Waals surface area (Å²) in [4.78, 5) is 12.7. The maximum atomic E-state index is 12.9. The van der Waals surface area contributed by atoms with Crippen LogP contribution in [0.2, 0.25) is 0 Å². The third kappa shape index (κ3) is 3.27. The van der Waals surface area contributed by atoms with Crippen molar-refractivity contribution in [3.8, 4) is 0 Å². The zero-order valence-electron chi connectivity index (χ0n) is 9.51. The first-order valence-corrected chi connectivity index (χ1v) is 5.30. The number of carbonyl (C=O) groups is 1. The summed E-state index contributed by atoms with van der Waals surface area (Å²) in [6.45, 7) is 0.236. The highest BCUT2D eigenvalue weighted by atomic mass is 19.1. The maximum absolute atomic E-state index is 12.9. The molecule has 1 aromatic carbocycles. The summed E-state index contributed by atoms with van der Waals surface area (Å²) in [5.74, 6) is -0.342. The number of hydrogen-bond acceptors (Lipinski definition) is 4. The number of nitrogens with two attached hydrogens (primary N) is 1. The fourth-order valence-electron chi connectivity index (χ4n) is 1.42. The average molecular weight is 249 g/mol. The van der Waals surface area contributed by atoms with E-state index in [4.69, 9.17) is 5.73 Å². The third-order valence-corrected chi connectivity index (χ3v) is 2.22. The van der Waals surface area contributed by atoms with Crippen LogP contribution < -0.4 is 11.1 Å². The zero-order valence-corrected chi connectivity index (χ0v) is 9.51. The molecule has 0 aliphatic carbocycles. The Kier molecular flexibility index (Phi) is 3.52. The standard InChI is InChI=1S/C11H12FN5O/c12-9-3-1-2-8(4-9)5-14-11(18)7-17-15-6-10(13)16-17/h1-4,6H,5,7H2,(H2,13,16)(H,14,18). The lowest BCUT2D eigenvalue weighted by atomic mass is 10.2. The van der Waals surface area contributed by atoms with E-state index in [1.165, 1.54) is 23.1 Å². The van der Waals surface area contributed by atoms with Gasteiger partial charge >= 0.3 is 0 Å². The lowest BCUT2D eigenvalue weighted by Crippen LogP contribution is -2.28. The van der Waals surface area contributed by atoms with Gasteiger partial charge in [-0.15, -0.1) is 5.10 Å².